The quantitative estimate of drug-likeness (QED) is 0.422. The number of allylic oxidation sites excluding steroid dienone is 1. The summed E-state index contributed by atoms with van der Waals surface area (Å²) in [7, 11) is 0. The Morgan fingerprint density at radius 1 is 0.833 bits per heavy atom. The van der Waals surface area contributed by atoms with E-state index in [0.717, 1.165) is 40.8 Å². The zero-order valence-corrected chi connectivity index (χ0v) is 19.8. The van der Waals surface area contributed by atoms with Gasteiger partial charge in [-0.1, -0.05) is 91.0 Å². The number of carbonyl (C=O) groups excluding carboxylic acids is 1. The second-order valence-electron chi connectivity index (χ2n) is 9.78. The average molecular weight is 468 g/mol. The number of nitrogens with zero attached hydrogens (tertiary/aromatic N) is 3. The third kappa shape index (κ3) is 3.55. The van der Waals surface area contributed by atoms with Crippen LogP contribution in [0.15, 0.2) is 96.6 Å². The largest absolute Gasteiger partial charge is 0.353 e. The Morgan fingerprint density at radius 2 is 1.47 bits per heavy atom. The summed E-state index contributed by atoms with van der Waals surface area (Å²) in [6.45, 7) is 0. The van der Waals surface area contributed by atoms with E-state index < -0.39 is 0 Å². The van der Waals surface area contributed by atoms with Gasteiger partial charge in [-0.2, -0.15) is 10.5 Å². The molecule has 3 aromatic carbocycles. The number of hydrogen-bond donors (Lipinski definition) is 0. The molecule has 1 saturated carbocycles. The maximum Gasteiger partial charge on any atom is 0.158 e. The van der Waals surface area contributed by atoms with Crippen LogP contribution >= 0.6 is 0 Å². The van der Waals surface area contributed by atoms with Crippen molar-refractivity contribution < 1.29 is 4.79 Å². The molecule has 4 unspecified atom stereocenters. The molecule has 0 bridgehead atoms. The maximum absolute atomic E-state index is 14.1. The highest BCUT2D eigenvalue weighted by molar-refractivity contribution is 5.96. The van der Waals surface area contributed by atoms with Crippen molar-refractivity contribution in [2.45, 2.75) is 30.8 Å². The van der Waals surface area contributed by atoms with Gasteiger partial charge in [0.25, 0.3) is 0 Å². The molecular weight excluding hydrogens is 442 g/mol. The first kappa shape index (κ1) is 22.1. The standard InChI is InChI=1S/C32H25N3O/c33-19-25(20-34)28(22-10-3-1-4-11-22)30-27-18-17-21-9-7-8-14-26(21)35(27)31(32(36)24-15-16-24)29(30)23-12-5-2-6-13-23/h1-14,17-18,24,27,29-31H,15-16H2. The minimum absolute atomic E-state index is 0.0780. The Bertz CT molecular complexity index is 1440. The Kier molecular flexibility index (Phi) is 5.51. The topological polar surface area (TPSA) is 67.9 Å². The summed E-state index contributed by atoms with van der Waals surface area (Å²) in [5.74, 6) is -0.105. The molecule has 0 amide bonds. The Labute approximate surface area is 211 Å². The second kappa shape index (κ2) is 8.99. The minimum atomic E-state index is -0.377. The molecule has 1 aliphatic carbocycles. The molecule has 2 fully saturated rings. The fourth-order valence-electron chi connectivity index (χ4n) is 6.13. The Hall–Kier alpha value is -4.41. The van der Waals surface area contributed by atoms with Gasteiger partial charge in [0.15, 0.2) is 5.78 Å². The zero-order chi connectivity index (χ0) is 24.6. The molecule has 3 aromatic rings. The van der Waals surface area contributed by atoms with Crippen LogP contribution in [0.25, 0.3) is 11.6 Å². The molecule has 0 N–H and O–H groups in total. The molecule has 0 aromatic heterocycles. The highest BCUT2D eigenvalue weighted by Gasteiger charge is 2.56. The first-order chi connectivity index (χ1) is 17.7. The van der Waals surface area contributed by atoms with E-state index in [-0.39, 0.29) is 41.2 Å². The fourth-order valence-corrected chi connectivity index (χ4v) is 6.13. The molecule has 4 nitrogen and oxygen atoms in total. The maximum atomic E-state index is 14.1. The summed E-state index contributed by atoms with van der Waals surface area (Å²) in [5.41, 5.74) is 4.87. The van der Waals surface area contributed by atoms with E-state index >= 15 is 0 Å². The monoisotopic (exact) mass is 467 g/mol. The third-order valence-corrected chi connectivity index (χ3v) is 7.77. The van der Waals surface area contributed by atoms with Crippen molar-refractivity contribution in [1.29, 1.82) is 10.5 Å². The normalized spacial score (nSPS) is 23.7. The first-order valence-corrected chi connectivity index (χ1v) is 12.5. The molecule has 0 radical (unpaired) electrons. The van der Waals surface area contributed by atoms with Gasteiger partial charge < -0.3 is 4.90 Å². The molecule has 4 atom stereocenters. The van der Waals surface area contributed by atoms with E-state index in [0.29, 0.717) is 0 Å². The van der Waals surface area contributed by atoms with Crippen molar-refractivity contribution in [3.63, 3.8) is 0 Å². The van der Waals surface area contributed by atoms with Gasteiger partial charge in [-0.15, -0.1) is 0 Å². The highest BCUT2D eigenvalue weighted by Crippen LogP contribution is 2.55. The lowest BCUT2D eigenvalue weighted by Crippen LogP contribution is -2.44. The van der Waals surface area contributed by atoms with Crippen LogP contribution in [-0.4, -0.2) is 17.9 Å². The number of Topliss-reactive ketones (excluding diaryl/α,β-unsaturated/α-hetero) is 1. The van der Waals surface area contributed by atoms with E-state index in [1.165, 1.54) is 0 Å². The molecule has 0 spiro atoms. The lowest BCUT2D eigenvalue weighted by molar-refractivity contribution is -0.121. The van der Waals surface area contributed by atoms with E-state index in [2.05, 4.69) is 53.5 Å². The summed E-state index contributed by atoms with van der Waals surface area (Å²) in [6.07, 6.45) is 6.15. The van der Waals surface area contributed by atoms with Crippen molar-refractivity contribution in [1.82, 2.24) is 0 Å². The van der Waals surface area contributed by atoms with Crippen molar-refractivity contribution in [2.75, 3.05) is 4.90 Å². The third-order valence-electron chi connectivity index (χ3n) is 7.77. The number of para-hydroxylation sites is 1. The number of anilines is 1. The van der Waals surface area contributed by atoms with E-state index in [9.17, 15) is 15.3 Å². The van der Waals surface area contributed by atoms with Gasteiger partial charge in [-0.25, -0.2) is 0 Å². The number of fused-ring (bicyclic) bond motifs is 3. The molecule has 2 aliphatic heterocycles. The molecule has 1 saturated heterocycles. The first-order valence-electron chi connectivity index (χ1n) is 12.5. The van der Waals surface area contributed by atoms with Crippen molar-refractivity contribution in [3.05, 3.63) is 113 Å². The predicted octanol–water partition coefficient (Wildman–Crippen LogP) is 6.15. The number of nitriles is 2. The fraction of sp³-hybridized carbons (Fsp3) is 0.219. The molecule has 36 heavy (non-hydrogen) atoms. The Balaban J connectivity index is 1.65. The Morgan fingerprint density at radius 3 is 2.14 bits per heavy atom. The molecular formula is C32H25N3O. The van der Waals surface area contributed by atoms with Gasteiger partial charge in [-0.3, -0.25) is 4.79 Å². The summed E-state index contributed by atoms with van der Waals surface area (Å²) in [5, 5.41) is 20.1. The summed E-state index contributed by atoms with van der Waals surface area (Å²) in [6, 6.07) is 31.9. The van der Waals surface area contributed by atoms with Crippen LogP contribution in [0.2, 0.25) is 0 Å². The summed E-state index contributed by atoms with van der Waals surface area (Å²) >= 11 is 0. The van der Waals surface area contributed by atoms with Gasteiger partial charge in [0.2, 0.25) is 0 Å². The van der Waals surface area contributed by atoms with Crippen molar-refractivity contribution in [2.24, 2.45) is 11.8 Å². The van der Waals surface area contributed by atoms with Gasteiger partial charge in [0.1, 0.15) is 17.7 Å². The van der Waals surface area contributed by atoms with Crippen molar-refractivity contribution in [3.8, 4) is 12.1 Å². The molecule has 4 heteroatoms. The summed E-state index contributed by atoms with van der Waals surface area (Å²) < 4.78 is 0. The van der Waals surface area contributed by atoms with Crippen LogP contribution in [0.5, 0.6) is 0 Å². The van der Waals surface area contributed by atoms with E-state index in [1.807, 2.05) is 60.7 Å². The average Bonchev–Trinajstić information content (AvgIpc) is 3.73. The van der Waals surface area contributed by atoms with Gasteiger partial charge in [0, 0.05) is 23.4 Å². The number of ketones is 1. The van der Waals surface area contributed by atoms with E-state index in [4.69, 9.17) is 0 Å². The van der Waals surface area contributed by atoms with Crippen LogP contribution in [0, 0.1) is 34.5 Å². The SMILES string of the molecule is N#CC(C#N)=C(c1ccccc1)C1C(c2ccccc2)C(C(=O)C2CC2)N2c3ccccc3C=CC12. The van der Waals surface area contributed by atoms with Crippen LogP contribution in [0.1, 0.15) is 35.4 Å². The van der Waals surface area contributed by atoms with E-state index in [1.54, 1.807) is 0 Å². The van der Waals surface area contributed by atoms with Crippen LogP contribution in [0.3, 0.4) is 0 Å². The smallest absolute Gasteiger partial charge is 0.158 e. The number of rotatable bonds is 5. The van der Waals surface area contributed by atoms with Crippen LogP contribution in [0.4, 0.5) is 5.69 Å². The number of carbonyl (C=O) groups is 1. The van der Waals surface area contributed by atoms with Gasteiger partial charge in [0.05, 0.1) is 12.1 Å². The van der Waals surface area contributed by atoms with Crippen LogP contribution < -0.4 is 4.90 Å². The molecule has 2 heterocycles. The van der Waals surface area contributed by atoms with Crippen LogP contribution in [-0.2, 0) is 4.79 Å². The second-order valence-corrected chi connectivity index (χ2v) is 9.78. The predicted molar refractivity (Wildman–Crippen MR) is 141 cm³/mol. The molecule has 174 valence electrons. The molecule has 6 rings (SSSR count). The lowest BCUT2D eigenvalue weighted by atomic mass is 9.73. The number of benzene rings is 3. The molecule has 3 aliphatic rings. The van der Waals surface area contributed by atoms with Gasteiger partial charge >= 0.3 is 0 Å². The van der Waals surface area contributed by atoms with Gasteiger partial charge in [-0.05, 0) is 41.2 Å². The lowest BCUT2D eigenvalue weighted by Gasteiger charge is -2.36. The number of hydrogen-bond acceptors (Lipinski definition) is 4. The van der Waals surface area contributed by atoms with Crippen molar-refractivity contribution >= 4 is 23.1 Å². The zero-order valence-electron chi connectivity index (χ0n) is 19.8. The minimum Gasteiger partial charge on any atom is -0.353 e. The highest BCUT2D eigenvalue weighted by atomic mass is 16.1. The summed E-state index contributed by atoms with van der Waals surface area (Å²) in [4.78, 5) is 16.3.